The van der Waals surface area contributed by atoms with Crippen LogP contribution in [-0.4, -0.2) is 11.1 Å². The van der Waals surface area contributed by atoms with Gasteiger partial charge in [-0.15, -0.1) is 0 Å². The second-order valence-electron chi connectivity index (χ2n) is 4.07. The lowest BCUT2D eigenvalue weighted by Gasteiger charge is -2.17. The molecular weight excluding hydrogens is 288 g/mol. The molecule has 0 spiro atoms. The van der Waals surface area contributed by atoms with Gasteiger partial charge in [0.1, 0.15) is 0 Å². The minimum Gasteiger partial charge on any atom is -0.479 e. The van der Waals surface area contributed by atoms with Crippen molar-refractivity contribution in [3.05, 3.63) is 64.7 Å². The van der Waals surface area contributed by atoms with Gasteiger partial charge in [0.05, 0.1) is 0 Å². The van der Waals surface area contributed by atoms with Crippen LogP contribution >= 0.6 is 11.6 Å². The molecule has 2 aromatic rings. The molecule has 2 aromatic carbocycles. The van der Waals surface area contributed by atoms with Crippen molar-refractivity contribution in [1.82, 2.24) is 0 Å². The third kappa shape index (κ3) is 3.05. The summed E-state index contributed by atoms with van der Waals surface area (Å²) in [6.45, 7) is 0. The number of aliphatic carboxylic acids is 1. The summed E-state index contributed by atoms with van der Waals surface area (Å²) in [5, 5.41) is 12.3. The van der Waals surface area contributed by atoms with E-state index in [9.17, 15) is 18.7 Å². The van der Waals surface area contributed by atoms with E-state index in [0.717, 1.165) is 6.07 Å². The summed E-state index contributed by atoms with van der Waals surface area (Å²) in [7, 11) is 0. The molecule has 0 radical (unpaired) electrons. The SMILES string of the molecule is O=C(O)C(Nc1ccc(Cl)cc1)c1cccc(F)c1F. The number of hydrogen-bond donors (Lipinski definition) is 2. The van der Waals surface area contributed by atoms with E-state index in [4.69, 9.17) is 11.6 Å². The fourth-order valence-corrected chi connectivity index (χ4v) is 1.85. The summed E-state index contributed by atoms with van der Waals surface area (Å²) in [5.74, 6) is -3.59. The van der Waals surface area contributed by atoms with Gasteiger partial charge in [0, 0.05) is 16.3 Å². The highest BCUT2D eigenvalue weighted by Gasteiger charge is 2.24. The Morgan fingerprint density at radius 3 is 2.40 bits per heavy atom. The second kappa shape index (κ2) is 5.88. The van der Waals surface area contributed by atoms with Crippen LogP contribution in [0.25, 0.3) is 0 Å². The quantitative estimate of drug-likeness (QED) is 0.901. The van der Waals surface area contributed by atoms with Crippen molar-refractivity contribution < 1.29 is 18.7 Å². The largest absolute Gasteiger partial charge is 0.479 e. The van der Waals surface area contributed by atoms with Crippen molar-refractivity contribution in [2.45, 2.75) is 6.04 Å². The Hall–Kier alpha value is -2.14. The summed E-state index contributed by atoms with van der Waals surface area (Å²) < 4.78 is 26.9. The van der Waals surface area contributed by atoms with Crippen LogP contribution in [0.3, 0.4) is 0 Å². The summed E-state index contributed by atoms with van der Waals surface area (Å²) in [6.07, 6.45) is 0. The van der Waals surface area contributed by atoms with Gasteiger partial charge in [-0.2, -0.15) is 0 Å². The average Bonchev–Trinajstić information content (AvgIpc) is 2.41. The maximum absolute atomic E-state index is 13.7. The fraction of sp³-hybridized carbons (Fsp3) is 0.0714. The smallest absolute Gasteiger partial charge is 0.330 e. The number of carboxylic acid groups (broad SMARTS) is 1. The topological polar surface area (TPSA) is 49.3 Å². The molecule has 0 heterocycles. The van der Waals surface area contributed by atoms with Gasteiger partial charge in [-0.25, -0.2) is 13.6 Å². The Bertz CT molecular complexity index is 632. The van der Waals surface area contributed by atoms with Gasteiger partial charge in [-0.3, -0.25) is 0 Å². The van der Waals surface area contributed by atoms with E-state index in [-0.39, 0.29) is 5.56 Å². The molecule has 0 bridgehead atoms. The zero-order valence-electron chi connectivity index (χ0n) is 10.1. The molecule has 6 heteroatoms. The van der Waals surface area contributed by atoms with Gasteiger partial charge >= 0.3 is 5.97 Å². The molecule has 0 aliphatic carbocycles. The first-order valence-corrected chi connectivity index (χ1v) is 6.05. The third-order valence-electron chi connectivity index (χ3n) is 2.69. The Morgan fingerprint density at radius 2 is 1.80 bits per heavy atom. The lowest BCUT2D eigenvalue weighted by atomic mass is 10.1. The molecular formula is C14H10ClF2NO2. The first kappa shape index (κ1) is 14.3. The number of carbonyl (C=O) groups is 1. The molecule has 0 aromatic heterocycles. The Kier molecular flexibility index (Phi) is 4.20. The van der Waals surface area contributed by atoms with E-state index < -0.39 is 23.6 Å². The minimum absolute atomic E-state index is 0.271. The van der Waals surface area contributed by atoms with Crippen LogP contribution in [0.1, 0.15) is 11.6 Å². The molecule has 1 atom stereocenters. The van der Waals surface area contributed by atoms with Gasteiger partial charge in [-0.05, 0) is 30.3 Å². The Balaban J connectivity index is 2.34. The number of rotatable bonds is 4. The molecule has 20 heavy (non-hydrogen) atoms. The van der Waals surface area contributed by atoms with Crippen LogP contribution in [0.4, 0.5) is 14.5 Å². The van der Waals surface area contributed by atoms with Gasteiger partial charge in [0.2, 0.25) is 0 Å². The highest BCUT2D eigenvalue weighted by Crippen LogP contribution is 2.24. The number of hydrogen-bond acceptors (Lipinski definition) is 2. The van der Waals surface area contributed by atoms with E-state index in [0.29, 0.717) is 10.7 Å². The standard InChI is InChI=1S/C14H10ClF2NO2/c15-8-4-6-9(7-5-8)18-13(14(19)20)10-2-1-3-11(16)12(10)17/h1-7,13,18H,(H,19,20). The number of halogens is 3. The van der Waals surface area contributed by atoms with Crippen LogP contribution in [0.15, 0.2) is 42.5 Å². The van der Waals surface area contributed by atoms with Crippen molar-refractivity contribution in [1.29, 1.82) is 0 Å². The first-order chi connectivity index (χ1) is 9.49. The van der Waals surface area contributed by atoms with Crippen LogP contribution in [0, 0.1) is 11.6 Å². The lowest BCUT2D eigenvalue weighted by Crippen LogP contribution is -2.22. The Morgan fingerprint density at radius 1 is 1.15 bits per heavy atom. The normalized spacial score (nSPS) is 11.9. The molecule has 2 rings (SSSR count). The van der Waals surface area contributed by atoms with E-state index in [1.807, 2.05) is 0 Å². The summed E-state index contributed by atoms with van der Waals surface area (Å²) in [4.78, 5) is 11.3. The molecule has 0 amide bonds. The molecule has 0 aliphatic heterocycles. The van der Waals surface area contributed by atoms with E-state index >= 15 is 0 Å². The van der Waals surface area contributed by atoms with E-state index in [1.54, 1.807) is 24.3 Å². The van der Waals surface area contributed by atoms with Gasteiger partial charge in [0.25, 0.3) is 0 Å². The first-order valence-electron chi connectivity index (χ1n) is 5.68. The van der Waals surface area contributed by atoms with Crippen molar-refractivity contribution >= 4 is 23.3 Å². The molecule has 0 saturated carbocycles. The maximum atomic E-state index is 13.7. The number of carboxylic acids is 1. The molecule has 1 unspecified atom stereocenters. The molecule has 0 fully saturated rings. The van der Waals surface area contributed by atoms with Crippen LogP contribution in [0.2, 0.25) is 5.02 Å². The lowest BCUT2D eigenvalue weighted by molar-refractivity contribution is -0.138. The van der Waals surface area contributed by atoms with E-state index in [1.165, 1.54) is 12.1 Å². The van der Waals surface area contributed by atoms with Crippen molar-refractivity contribution in [3.8, 4) is 0 Å². The molecule has 0 saturated heterocycles. The summed E-state index contributed by atoms with van der Waals surface area (Å²) in [5.41, 5.74) is 0.165. The number of nitrogens with one attached hydrogen (secondary N) is 1. The Labute approximate surface area is 118 Å². The monoisotopic (exact) mass is 297 g/mol. The van der Waals surface area contributed by atoms with Gasteiger partial charge in [0.15, 0.2) is 17.7 Å². The van der Waals surface area contributed by atoms with Crippen LogP contribution in [0.5, 0.6) is 0 Å². The summed E-state index contributed by atoms with van der Waals surface area (Å²) >= 11 is 5.72. The molecule has 3 nitrogen and oxygen atoms in total. The van der Waals surface area contributed by atoms with Gasteiger partial charge in [-0.1, -0.05) is 23.7 Å². The highest BCUT2D eigenvalue weighted by atomic mass is 35.5. The zero-order valence-corrected chi connectivity index (χ0v) is 10.9. The summed E-state index contributed by atoms with van der Waals surface area (Å²) in [6, 6.07) is 8.24. The number of anilines is 1. The van der Waals surface area contributed by atoms with Crippen LogP contribution in [-0.2, 0) is 4.79 Å². The predicted octanol–water partition coefficient (Wildman–Crippen LogP) is 3.86. The van der Waals surface area contributed by atoms with Gasteiger partial charge < -0.3 is 10.4 Å². The fourth-order valence-electron chi connectivity index (χ4n) is 1.73. The van der Waals surface area contributed by atoms with Crippen molar-refractivity contribution in [2.24, 2.45) is 0 Å². The number of benzene rings is 2. The maximum Gasteiger partial charge on any atom is 0.330 e. The second-order valence-corrected chi connectivity index (χ2v) is 4.50. The van der Waals surface area contributed by atoms with E-state index in [2.05, 4.69) is 5.32 Å². The third-order valence-corrected chi connectivity index (χ3v) is 2.95. The average molecular weight is 298 g/mol. The predicted molar refractivity (Wildman–Crippen MR) is 71.8 cm³/mol. The van der Waals surface area contributed by atoms with Crippen molar-refractivity contribution in [3.63, 3.8) is 0 Å². The molecule has 104 valence electrons. The highest BCUT2D eigenvalue weighted by molar-refractivity contribution is 6.30. The molecule has 0 aliphatic rings. The van der Waals surface area contributed by atoms with Crippen LogP contribution < -0.4 is 5.32 Å². The van der Waals surface area contributed by atoms with Crippen molar-refractivity contribution in [2.75, 3.05) is 5.32 Å². The zero-order chi connectivity index (χ0) is 14.7. The molecule has 2 N–H and O–H groups in total. The minimum atomic E-state index is -1.40.